The van der Waals surface area contributed by atoms with Crippen molar-refractivity contribution in [2.75, 3.05) is 36.1 Å². The molecule has 3 rings (SSSR count). The van der Waals surface area contributed by atoms with Crippen molar-refractivity contribution in [1.29, 1.82) is 0 Å². The molecule has 0 spiro atoms. The number of rotatable bonds is 6. The van der Waals surface area contributed by atoms with Gasteiger partial charge in [-0.05, 0) is 30.3 Å². The SMILES string of the molecule is COc1ccc(NC(C)=O)cc1NS(=O)(=O)c1cccc2c(N(C)C)cccc12. The van der Waals surface area contributed by atoms with Crippen LogP contribution in [0.15, 0.2) is 59.5 Å². The standard InChI is InChI=1S/C21H23N3O4S/c1-14(25)22-15-11-12-20(28-4)18(13-15)23-29(26,27)21-10-6-7-16-17(21)8-5-9-19(16)24(2)3/h5-13,23H,1-4H3,(H,22,25). The number of hydrogen-bond donors (Lipinski definition) is 2. The summed E-state index contributed by atoms with van der Waals surface area (Å²) in [5.74, 6) is 0.0890. The summed E-state index contributed by atoms with van der Waals surface area (Å²) in [5.41, 5.74) is 1.62. The first-order chi connectivity index (χ1) is 13.7. The predicted octanol–water partition coefficient (Wildman–Crippen LogP) is 3.67. The highest BCUT2D eigenvalue weighted by Gasteiger charge is 2.20. The summed E-state index contributed by atoms with van der Waals surface area (Å²) in [6.07, 6.45) is 0. The molecule has 7 nitrogen and oxygen atoms in total. The second-order valence-corrected chi connectivity index (χ2v) is 8.38. The van der Waals surface area contributed by atoms with Gasteiger partial charge in [-0.2, -0.15) is 0 Å². The first kappa shape index (κ1) is 20.5. The van der Waals surface area contributed by atoms with Crippen LogP contribution in [-0.4, -0.2) is 35.5 Å². The number of anilines is 3. The molecule has 29 heavy (non-hydrogen) atoms. The van der Waals surface area contributed by atoms with Crippen molar-refractivity contribution in [3.63, 3.8) is 0 Å². The summed E-state index contributed by atoms with van der Waals surface area (Å²) in [4.78, 5) is 13.4. The molecule has 0 aliphatic carbocycles. The van der Waals surface area contributed by atoms with Crippen molar-refractivity contribution < 1.29 is 17.9 Å². The summed E-state index contributed by atoms with van der Waals surface area (Å²) >= 11 is 0. The summed E-state index contributed by atoms with van der Waals surface area (Å²) < 4.78 is 34.3. The fourth-order valence-electron chi connectivity index (χ4n) is 3.16. The van der Waals surface area contributed by atoms with Crippen molar-refractivity contribution >= 4 is 43.8 Å². The van der Waals surface area contributed by atoms with Crippen LogP contribution in [0, 0.1) is 0 Å². The summed E-state index contributed by atoms with van der Waals surface area (Å²) in [5, 5.41) is 4.08. The van der Waals surface area contributed by atoms with Crippen molar-refractivity contribution in [3.8, 4) is 5.75 Å². The second-order valence-electron chi connectivity index (χ2n) is 6.72. The number of carbonyl (C=O) groups is 1. The Morgan fingerprint density at radius 1 is 1.00 bits per heavy atom. The van der Waals surface area contributed by atoms with Crippen molar-refractivity contribution in [1.82, 2.24) is 0 Å². The lowest BCUT2D eigenvalue weighted by Gasteiger charge is -2.18. The van der Waals surface area contributed by atoms with Crippen molar-refractivity contribution in [3.05, 3.63) is 54.6 Å². The first-order valence-corrected chi connectivity index (χ1v) is 10.4. The number of carbonyl (C=O) groups excluding carboxylic acids is 1. The Kier molecular flexibility index (Phi) is 5.65. The molecule has 8 heteroatoms. The number of methoxy groups -OCH3 is 1. The third-order valence-electron chi connectivity index (χ3n) is 4.39. The highest BCUT2D eigenvalue weighted by Crippen LogP contribution is 2.34. The molecule has 152 valence electrons. The van der Waals surface area contributed by atoms with E-state index in [0.717, 1.165) is 11.1 Å². The Hall–Kier alpha value is -3.26. The Morgan fingerprint density at radius 3 is 2.34 bits per heavy atom. The van der Waals surface area contributed by atoms with Gasteiger partial charge in [0.25, 0.3) is 10.0 Å². The van der Waals surface area contributed by atoms with Crippen LogP contribution in [0.2, 0.25) is 0 Å². The van der Waals surface area contributed by atoms with Gasteiger partial charge in [-0.25, -0.2) is 8.42 Å². The van der Waals surface area contributed by atoms with Gasteiger partial charge in [-0.15, -0.1) is 0 Å². The Balaban J connectivity index is 2.09. The predicted molar refractivity (Wildman–Crippen MR) is 116 cm³/mol. The van der Waals surface area contributed by atoms with Crippen LogP contribution in [0.5, 0.6) is 5.75 Å². The highest BCUT2D eigenvalue weighted by molar-refractivity contribution is 7.93. The van der Waals surface area contributed by atoms with Crippen molar-refractivity contribution in [2.24, 2.45) is 0 Å². The van der Waals surface area contributed by atoms with E-state index in [1.54, 1.807) is 30.3 Å². The Labute approximate surface area is 170 Å². The minimum absolute atomic E-state index is 0.158. The molecule has 0 bridgehead atoms. The average molecular weight is 413 g/mol. The van der Waals surface area contributed by atoms with E-state index in [4.69, 9.17) is 4.74 Å². The minimum atomic E-state index is -3.92. The number of fused-ring (bicyclic) bond motifs is 1. The first-order valence-electron chi connectivity index (χ1n) is 8.90. The maximum absolute atomic E-state index is 13.2. The fourth-order valence-corrected chi connectivity index (χ4v) is 4.44. The van der Waals surface area contributed by atoms with Gasteiger partial charge in [0.15, 0.2) is 0 Å². The van der Waals surface area contributed by atoms with Gasteiger partial charge in [0.2, 0.25) is 5.91 Å². The third-order valence-corrected chi connectivity index (χ3v) is 5.82. The molecule has 0 atom stereocenters. The number of ether oxygens (including phenoxy) is 1. The summed E-state index contributed by atoms with van der Waals surface area (Å²) in [6.45, 7) is 1.38. The zero-order valence-electron chi connectivity index (χ0n) is 16.7. The fraction of sp³-hybridized carbons (Fsp3) is 0.190. The number of nitrogens with zero attached hydrogens (tertiary/aromatic N) is 1. The molecule has 0 aromatic heterocycles. The lowest BCUT2D eigenvalue weighted by molar-refractivity contribution is -0.114. The van der Waals surface area contributed by atoms with E-state index in [1.165, 1.54) is 20.1 Å². The van der Waals surface area contributed by atoms with Crippen LogP contribution >= 0.6 is 0 Å². The number of benzene rings is 3. The molecule has 0 unspecified atom stereocenters. The average Bonchev–Trinajstić information content (AvgIpc) is 2.66. The van der Waals surface area contributed by atoms with E-state index < -0.39 is 10.0 Å². The highest BCUT2D eigenvalue weighted by atomic mass is 32.2. The van der Waals surface area contributed by atoms with Gasteiger partial charge in [0.05, 0.1) is 17.7 Å². The van der Waals surface area contributed by atoms with Crippen LogP contribution in [0.25, 0.3) is 10.8 Å². The van der Waals surface area contributed by atoms with Crippen LogP contribution in [0.4, 0.5) is 17.1 Å². The van der Waals surface area contributed by atoms with Gasteiger partial charge < -0.3 is 15.0 Å². The molecule has 0 heterocycles. The minimum Gasteiger partial charge on any atom is -0.495 e. The summed E-state index contributed by atoms with van der Waals surface area (Å²) in [6, 6.07) is 15.5. The zero-order valence-corrected chi connectivity index (χ0v) is 17.5. The topological polar surface area (TPSA) is 87.7 Å². The molecule has 0 aliphatic rings. The van der Waals surface area contributed by atoms with E-state index >= 15 is 0 Å². The number of amides is 1. The van der Waals surface area contributed by atoms with Gasteiger partial charge in [0, 0.05) is 43.2 Å². The van der Waals surface area contributed by atoms with Crippen LogP contribution in [0.3, 0.4) is 0 Å². The molecule has 3 aromatic carbocycles. The van der Waals surface area contributed by atoms with E-state index in [1.807, 2.05) is 37.2 Å². The van der Waals surface area contributed by atoms with E-state index in [2.05, 4.69) is 10.0 Å². The maximum Gasteiger partial charge on any atom is 0.262 e. The van der Waals surface area contributed by atoms with E-state index in [-0.39, 0.29) is 16.5 Å². The quantitative estimate of drug-likeness (QED) is 0.644. The molecule has 0 aliphatic heterocycles. The van der Waals surface area contributed by atoms with E-state index in [9.17, 15) is 13.2 Å². The lowest BCUT2D eigenvalue weighted by atomic mass is 10.1. The largest absolute Gasteiger partial charge is 0.495 e. The lowest BCUT2D eigenvalue weighted by Crippen LogP contribution is -2.15. The van der Waals surface area contributed by atoms with Gasteiger partial charge >= 0.3 is 0 Å². The van der Waals surface area contributed by atoms with Crippen LogP contribution in [-0.2, 0) is 14.8 Å². The Bertz CT molecular complexity index is 1170. The zero-order chi connectivity index (χ0) is 21.2. The molecule has 1 amide bonds. The van der Waals surface area contributed by atoms with Crippen molar-refractivity contribution in [2.45, 2.75) is 11.8 Å². The molecule has 3 aromatic rings. The molecular formula is C21H23N3O4S. The molecule has 0 radical (unpaired) electrons. The van der Waals surface area contributed by atoms with Crippen LogP contribution in [0.1, 0.15) is 6.92 Å². The molecule has 0 saturated carbocycles. The number of sulfonamides is 1. The normalized spacial score (nSPS) is 11.2. The molecule has 2 N–H and O–H groups in total. The van der Waals surface area contributed by atoms with E-state index in [0.29, 0.717) is 16.8 Å². The third kappa shape index (κ3) is 4.27. The molecule has 0 saturated heterocycles. The Morgan fingerprint density at radius 2 is 1.69 bits per heavy atom. The van der Waals surface area contributed by atoms with Gasteiger partial charge in [-0.3, -0.25) is 9.52 Å². The van der Waals surface area contributed by atoms with Gasteiger partial charge in [0.1, 0.15) is 5.75 Å². The monoisotopic (exact) mass is 413 g/mol. The molecular weight excluding hydrogens is 390 g/mol. The number of hydrogen-bond acceptors (Lipinski definition) is 5. The second kappa shape index (κ2) is 8.00. The van der Waals surface area contributed by atoms with Crippen LogP contribution < -0.4 is 19.7 Å². The number of nitrogens with one attached hydrogen (secondary N) is 2. The smallest absolute Gasteiger partial charge is 0.262 e. The van der Waals surface area contributed by atoms with Gasteiger partial charge in [-0.1, -0.05) is 24.3 Å². The summed E-state index contributed by atoms with van der Waals surface area (Å²) in [7, 11) is 1.35. The maximum atomic E-state index is 13.2. The molecule has 0 fully saturated rings.